The number of rotatable bonds is 23. The van der Waals surface area contributed by atoms with Crippen molar-refractivity contribution in [1.29, 1.82) is 0 Å². The van der Waals surface area contributed by atoms with Gasteiger partial charge in [0.05, 0.1) is 0 Å². The number of carboxylic acid groups (broad SMARTS) is 1. The van der Waals surface area contributed by atoms with Gasteiger partial charge in [-0.3, -0.25) is 9.59 Å². The molecule has 0 unspecified atom stereocenters. The highest BCUT2D eigenvalue weighted by Gasteiger charge is 2.19. The standard InChI is InChI=1S/C26H50N2O4/c1-3-5-7-9-11-13-15-20-24(29)27-22-18-17-19-23(26(31)32)28-25(30)21-16-14-12-10-8-6-4-2/h23H,3-22H2,1-2H3,(H,27,29)(H,28,30)(H,31,32)/t23-/m0/s1. The largest absolute Gasteiger partial charge is 0.480 e. The average molecular weight is 455 g/mol. The zero-order chi connectivity index (χ0) is 23.9. The molecule has 0 aliphatic heterocycles. The predicted octanol–water partition coefficient (Wildman–Crippen LogP) is 6.12. The minimum atomic E-state index is -0.985. The lowest BCUT2D eigenvalue weighted by Crippen LogP contribution is -2.40. The van der Waals surface area contributed by atoms with Gasteiger partial charge in [-0.1, -0.05) is 90.9 Å². The molecule has 0 bridgehead atoms. The van der Waals surface area contributed by atoms with Crippen LogP contribution < -0.4 is 10.6 Å². The van der Waals surface area contributed by atoms with E-state index in [2.05, 4.69) is 24.5 Å². The second-order valence-electron chi connectivity index (χ2n) is 9.05. The Hall–Kier alpha value is -1.59. The number of carbonyl (C=O) groups is 3. The first-order valence-corrected chi connectivity index (χ1v) is 13.3. The van der Waals surface area contributed by atoms with Gasteiger partial charge in [0.15, 0.2) is 0 Å². The molecule has 0 saturated heterocycles. The van der Waals surface area contributed by atoms with Crippen LogP contribution in [0.3, 0.4) is 0 Å². The summed E-state index contributed by atoms with van der Waals surface area (Å²) in [6.45, 7) is 4.96. The summed E-state index contributed by atoms with van der Waals surface area (Å²) < 4.78 is 0. The Morgan fingerprint density at radius 3 is 1.59 bits per heavy atom. The minimum absolute atomic E-state index is 0.0799. The third-order valence-corrected chi connectivity index (χ3v) is 5.89. The van der Waals surface area contributed by atoms with Gasteiger partial charge in [-0.2, -0.15) is 0 Å². The molecule has 6 heteroatoms. The number of hydrogen-bond acceptors (Lipinski definition) is 3. The molecule has 32 heavy (non-hydrogen) atoms. The molecule has 6 nitrogen and oxygen atoms in total. The van der Waals surface area contributed by atoms with E-state index in [4.69, 9.17) is 0 Å². The van der Waals surface area contributed by atoms with Crippen LogP contribution in [0.1, 0.15) is 136 Å². The second kappa shape index (κ2) is 22.6. The van der Waals surface area contributed by atoms with Gasteiger partial charge < -0.3 is 15.7 Å². The maximum absolute atomic E-state index is 12.0. The molecular weight excluding hydrogens is 404 g/mol. The van der Waals surface area contributed by atoms with Gasteiger partial charge in [0.1, 0.15) is 6.04 Å². The number of aliphatic carboxylic acids is 1. The summed E-state index contributed by atoms with van der Waals surface area (Å²) >= 11 is 0. The Morgan fingerprint density at radius 2 is 1.09 bits per heavy atom. The molecule has 3 N–H and O–H groups in total. The van der Waals surface area contributed by atoms with Crippen molar-refractivity contribution >= 4 is 17.8 Å². The van der Waals surface area contributed by atoms with Gasteiger partial charge in [-0.15, -0.1) is 0 Å². The summed E-state index contributed by atoms with van der Waals surface area (Å²) in [5, 5.41) is 14.9. The number of nitrogens with one attached hydrogen (secondary N) is 2. The molecule has 0 aromatic rings. The molecule has 0 radical (unpaired) electrons. The normalized spacial score (nSPS) is 11.8. The smallest absolute Gasteiger partial charge is 0.326 e. The van der Waals surface area contributed by atoms with E-state index in [-0.39, 0.29) is 11.8 Å². The fourth-order valence-electron chi connectivity index (χ4n) is 3.80. The first-order valence-electron chi connectivity index (χ1n) is 13.3. The highest BCUT2D eigenvalue weighted by atomic mass is 16.4. The quantitative estimate of drug-likeness (QED) is 0.162. The maximum atomic E-state index is 12.0. The topological polar surface area (TPSA) is 95.5 Å². The first kappa shape index (κ1) is 30.4. The maximum Gasteiger partial charge on any atom is 0.326 e. The van der Waals surface area contributed by atoms with Gasteiger partial charge in [0, 0.05) is 19.4 Å². The third kappa shape index (κ3) is 20.3. The molecule has 188 valence electrons. The highest BCUT2D eigenvalue weighted by Crippen LogP contribution is 2.10. The third-order valence-electron chi connectivity index (χ3n) is 5.89. The van der Waals surface area contributed by atoms with E-state index >= 15 is 0 Å². The molecule has 0 aromatic heterocycles. The van der Waals surface area contributed by atoms with Crippen LogP contribution in [0.2, 0.25) is 0 Å². The molecule has 0 aliphatic rings. The van der Waals surface area contributed by atoms with Crippen molar-refractivity contribution in [2.24, 2.45) is 0 Å². The Labute approximate surface area is 196 Å². The van der Waals surface area contributed by atoms with Crippen molar-refractivity contribution in [2.75, 3.05) is 6.54 Å². The number of carboxylic acids is 1. The van der Waals surface area contributed by atoms with Crippen LogP contribution in [0.5, 0.6) is 0 Å². The van der Waals surface area contributed by atoms with Crippen LogP contribution in [0.25, 0.3) is 0 Å². The van der Waals surface area contributed by atoms with E-state index < -0.39 is 12.0 Å². The summed E-state index contributed by atoms with van der Waals surface area (Å²) in [5.41, 5.74) is 0. The van der Waals surface area contributed by atoms with Gasteiger partial charge in [-0.25, -0.2) is 4.79 Å². The Balaban J connectivity index is 3.74. The van der Waals surface area contributed by atoms with Crippen molar-refractivity contribution in [3.8, 4) is 0 Å². The first-order chi connectivity index (χ1) is 15.5. The molecule has 2 amide bonds. The molecule has 0 fully saturated rings. The lowest BCUT2D eigenvalue weighted by Gasteiger charge is -2.14. The Kier molecular flexibility index (Phi) is 21.5. The second-order valence-corrected chi connectivity index (χ2v) is 9.05. The fourth-order valence-corrected chi connectivity index (χ4v) is 3.80. The van der Waals surface area contributed by atoms with E-state index in [1.54, 1.807) is 0 Å². The summed E-state index contributed by atoms with van der Waals surface area (Å²) in [7, 11) is 0. The van der Waals surface area contributed by atoms with Crippen molar-refractivity contribution in [3.63, 3.8) is 0 Å². The molecule has 0 heterocycles. The van der Waals surface area contributed by atoms with Crippen molar-refractivity contribution < 1.29 is 19.5 Å². The summed E-state index contributed by atoms with van der Waals surface area (Å²) in [5.74, 6) is -1.08. The van der Waals surface area contributed by atoms with Gasteiger partial charge in [0.25, 0.3) is 0 Å². The Bertz CT molecular complexity index is 482. The van der Waals surface area contributed by atoms with Crippen molar-refractivity contribution in [2.45, 2.75) is 142 Å². The van der Waals surface area contributed by atoms with E-state index in [9.17, 15) is 19.5 Å². The van der Waals surface area contributed by atoms with Gasteiger partial charge >= 0.3 is 5.97 Å². The molecule has 0 saturated carbocycles. The van der Waals surface area contributed by atoms with Gasteiger partial charge in [0.2, 0.25) is 11.8 Å². The lowest BCUT2D eigenvalue weighted by molar-refractivity contribution is -0.142. The number of hydrogen-bond donors (Lipinski definition) is 3. The van der Waals surface area contributed by atoms with Gasteiger partial charge in [-0.05, 0) is 32.1 Å². The molecule has 0 aliphatic carbocycles. The number of carbonyl (C=O) groups excluding carboxylic acids is 2. The molecule has 0 spiro atoms. The van der Waals surface area contributed by atoms with Crippen LogP contribution in [-0.2, 0) is 14.4 Å². The minimum Gasteiger partial charge on any atom is -0.480 e. The van der Waals surface area contributed by atoms with Crippen molar-refractivity contribution in [1.82, 2.24) is 10.6 Å². The van der Waals surface area contributed by atoms with Crippen LogP contribution in [0.15, 0.2) is 0 Å². The SMILES string of the molecule is CCCCCCCCCC(=O)NCCCC[C@H](NC(=O)CCCCCCCCC)C(=O)O. The molecule has 1 atom stereocenters. The molecule has 0 rings (SSSR count). The summed E-state index contributed by atoms with van der Waals surface area (Å²) in [6.07, 6.45) is 19.0. The zero-order valence-electron chi connectivity index (χ0n) is 20.9. The molecular formula is C26H50N2O4. The lowest BCUT2D eigenvalue weighted by atomic mass is 10.1. The van der Waals surface area contributed by atoms with E-state index in [0.717, 1.165) is 38.5 Å². The van der Waals surface area contributed by atoms with Crippen LogP contribution in [0.4, 0.5) is 0 Å². The average Bonchev–Trinajstić information content (AvgIpc) is 2.76. The summed E-state index contributed by atoms with van der Waals surface area (Å²) in [6, 6.07) is -0.838. The van der Waals surface area contributed by atoms with Crippen molar-refractivity contribution in [3.05, 3.63) is 0 Å². The monoisotopic (exact) mass is 454 g/mol. The van der Waals surface area contributed by atoms with E-state index in [1.807, 2.05) is 0 Å². The zero-order valence-corrected chi connectivity index (χ0v) is 20.9. The van der Waals surface area contributed by atoms with E-state index in [0.29, 0.717) is 32.2 Å². The number of amides is 2. The fraction of sp³-hybridized carbons (Fsp3) is 0.885. The number of unbranched alkanes of at least 4 members (excludes halogenated alkanes) is 13. The Morgan fingerprint density at radius 1 is 0.625 bits per heavy atom. The van der Waals surface area contributed by atoms with E-state index in [1.165, 1.54) is 57.8 Å². The van der Waals surface area contributed by atoms with Crippen LogP contribution in [-0.4, -0.2) is 35.5 Å². The molecule has 0 aromatic carbocycles. The van der Waals surface area contributed by atoms with Crippen LogP contribution in [0, 0.1) is 0 Å². The predicted molar refractivity (Wildman–Crippen MR) is 132 cm³/mol. The highest BCUT2D eigenvalue weighted by molar-refractivity contribution is 5.83. The van der Waals surface area contributed by atoms with Crippen LogP contribution >= 0.6 is 0 Å². The summed E-state index contributed by atoms with van der Waals surface area (Å²) in [4.78, 5) is 35.3.